The molecule has 1 aliphatic heterocycles. The lowest BCUT2D eigenvalue weighted by atomic mass is 10.0. The van der Waals surface area contributed by atoms with E-state index < -0.39 is 0 Å². The Balaban J connectivity index is 2.04. The lowest BCUT2D eigenvalue weighted by Crippen LogP contribution is -2.45. The van der Waals surface area contributed by atoms with Crippen molar-refractivity contribution in [2.24, 2.45) is 16.6 Å². The Labute approximate surface area is 143 Å². The van der Waals surface area contributed by atoms with Gasteiger partial charge in [0.15, 0.2) is 5.96 Å². The molecular formula is C17H27ClN4O. The van der Waals surface area contributed by atoms with Crippen molar-refractivity contribution in [3.8, 4) is 0 Å². The summed E-state index contributed by atoms with van der Waals surface area (Å²) in [5.74, 6) is 1.01. The smallest absolute Gasteiger partial charge is 0.188 e. The lowest BCUT2D eigenvalue weighted by molar-refractivity contribution is 0.0170. The second-order valence-corrected chi connectivity index (χ2v) is 6.65. The zero-order chi connectivity index (χ0) is 16.7. The highest BCUT2D eigenvalue weighted by molar-refractivity contribution is 6.30. The molecule has 1 aliphatic rings. The van der Waals surface area contributed by atoms with Crippen molar-refractivity contribution in [3.63, 3.8) is 0 Å². The maximum atomic E-state index is 6.01. The van der Waals surface area contributed by atoms with E-state index in [2.05, 4.69) is 41.2 Å². The van der Waals surface area contributed by atoms with Gasteiger partial charge in [-0.05, 0) is 23.6 Å². The van der Waals surface area contributed by atoms with Gasteiger partial charge in [-0.3, -0.25) is 9.89 Å². The molecular weight excluding hydrogens is 312 g/mol. The Kier molecular flexibility index (Phi) is 7.15. The fraction of sp³-hybridized carbons (Fsp3) is 0.588. The SMILES string of the molecule is CC(C)CN=C(N)NCC(c1ccc(Cl)cc1)N1CCOCC1. The fourth-order valence-corrected chi connectivity index (χ4v) is 2.70. The molecule has 2 rings (SSSR count). The molecule has 23 heavy (non-hydrogen) atoms. The van der Waals surface area contributed by atoms with Gasteiger partial charge in [0, 0.05) is 31.2 Å². The molecule has 0 amide bonds. The molecule has 0 aliphatic carbocycles. The quantitative estimate of drug-likeness (QED) is 0.617. The number of nitrogens with zero attached hydrogens (tertiary/aromatic N) is 2. The molecule has 5 nitrogen and oxygen atoms in total. The average molecular weight is 339 g/mol. The van der Waals surface area contributed by atoms with Crippen LogP contribution in [0.25, 0.3) is 0 Å². The Hall–Kier alpha value is -1.30. The zero-order valence-electron chi connectivity index (χ0n) is 14.0. The molecule has 0 radical (unpaired) electrons. The Morgan fingerprint density at radius 3 is 2.57 bits per heavy atom. The van der Waals surface area contributed by atoms with E-state index in [1.807, 2.05) is 12.1 Å². The first-order chi connectivity index (χ1) is 11.1. The normalized spacial score (nSPS) is 18.2. The highest BCUT2D eigenvalue weighted by Gasteiger charge is 2.22. The van der Waals surface area contributed by atoms with Crippen LogP contribution in [0.5, 0.6) is 0 Å². The number of hydrogen-bond donors (Lipinski definition) is 2. The van der Waals surface area contributed by atoms with Gasteiger partial charge in [0.2, 0.25) is 0 Å². The number of morpholine rings is 1. The maximum Gasteiger partial charge on any atom is 0.188 e. The first-order valence-corrected chi connectivity index (χ1v) is 8.55. The van der Waals surface area contributed by atoms with Crippen LogP contribution in [0.2, 0.25) is 5.02 Å². The molecule has 1 aromatic carbocycles. The number of nitrogens with one attached hydrogen (secondary N) is 1. The molecule has 0 spiro atoms. The third-order valence-electron chi connectivity index (χ3n) is 3.84. The summed E-state index contributed by atoms with van der Waals surface area (Å²) in [5.41, 5.74) is 7.20. The molecule has 1 saturated heterocycles. The molecule has 1 aromatic rings. The predicted molar refractivity (Wildman–Crippen MR) is 95.9 cm³/mol. The predicted octanol–water partition coefficient (Wildman–Crippen LogP) is 2.27. The molecule has 0 bridgehead atoms. The Bertz CT molecular complexity index is 498. The van der Waals surface area contributed by atoms with Crippen LogP contribution in [0.4, 0.5) is 0 Å². The van der Waals surface area contributed by atoms with Gasteiger partial charge in [0.05, 0.1) is 19.3 Å². The lowest BCUT2D eigenvalue weighted by Gasteiger charge is -2.35. The van der Waals surface area contributed by atoms with Crippen molar-refractivity contribution in [3.05, 3.63) is 34.9 Å². The van der Waals surface area contributed by atoms with Crippen molar-refractivity contribution in [1.82, 2.24) is 10.2 Å². The largest absolute Gasteiger partial charge is 0.379 e. The van der Waals surface area contributed by atoms with Gasteiger partial charge < -0.3 is 15.8 Å². The van der Waals surface area contributed by atoms with Crippen LogP contribution in [0.1, 0.15) is 25.5 Å². The number of rotatable bonds is 6. The molecule has 3 N–H and O–H groups in total. The van der Waals surface area contributed by atoms with Crippen LogP contribution in [0.3, 0.4) is 0 Å². The summed E-state index contributed by atoms with van der Waals surface area (Å²) >= 11 is 6.01. The van der Waals surface area contributed by atoms with E-state index in [4.69, 9.17) is 22.1 Å². The van der Waals surface area contributed by atoms with Gasteiger partial charge in [-0.15, -0.1) is 0 Å². The zero-order valence-corrected chi connectivity index (χ0v) is 14.7. The number of nitrogens with two attached hydrogens (primary N) is 1. The number of halogens is 1. The second-order valence-electron chi connectivity index (χ2n) is 6.22. The van der Waals surface area contributed by atoms with Crippen LogP contribution in [-0.4, -0.2) is 50.3 Å². The maximum absolute atomic E-state index is 6.01. The summed E-state index contributed by atoms with van der Waals surface area (Å²) < 4.78 is 5.46. The van der Waals surface area contributed by atoms with E-state index in [-0.39, 0.29) is 6.04 Å². The summed E-state index contributed by atoms with van der Waals surface area (Å²) in [7, 11) is 0. The van der Waals surface area contributed by atoms with Crippen molar-refractivity contribution >= 4 is 17.6 Å². The third-order valence-corrected chi connectivity index (χ3v) is 4.10. The molecule has 1 heterocycles. The van der Waals surface area contributed by atoms with Crippen LogP contribution in [0.15, 0.2) is 29.3 Å². The minimum absolute atomic E-state index is 0.226. The minimum atomic E-state index is 0.226. The van der Waals surface area contributed by atoms with Crippen molar-refractivity contribution in [2.75, 3.05) is 39.4 Å². The molecule has 0 aromatic heterocycles. The Morgan fingerprint density at radius 2 is 1.96 bits per heavy atom. The highest BCUT2D eigenvalue weighted by atomic mass is 35.5. The van der Waals surface area contributed by atoms with Gasteiger partial charge in [-0.1, -0.05) is 37.6 Å². The standard InChI is InChI=1S/C17H27ClN4O/c1-13(2)11-20-17(19)21-12-16(22-7-9-23-10-8-22)14-3-5-15(18)6-4-14/h3-6,13,16H,7-12H2,1-2H3,(H3,19,20,21). The monoisotopic (exact) mass is 338 g/mol. The summed E-state index contributed by atoms with van der Waals surface area (Å²) in [6.07, 6.45) is 0. The van der Waals surface area contributed by atoms with Crippen LogP contribution in [-0.2, 0) is 4.74 Å². The number of ether oxygens (including phenoxy) is 1. The summed E-state index contributed by atoms with van der Waals surface area (Å²) in [6, 6.07) is 8.24. The van der Waals surface area contributed by atoms with E-state index in [0.29, 0.717) is 11.9 Å². The van der Waals surface area contributed by atoms with Gasteiger partial charge in [0.1, 0.15) is 0 Å². The van der Waals surface area contributed by atoms with Crippen LogP contribution in [0, 0.1) is 5.92 Å². The van der Waals surface area contributed by atoms with Crippen molar-refractivity contribution in [1.29, 1.82) is 0 Å². The fourth-order valence-electron chi connectivity index (χ4n) is 2.57. The van der Waals surface area contributed by atoms with E-state index >= 15 is 0 Å². The van der Waals surface area contributed by atoms with Gasteiger partial charge >= 0.3 is 0 Å². The second kappa shape index (κ2) is 9.11. The molecule has 1 fully saturated rings. The molecule has 1 atom stereocenters. The van der Waals surface area contributed by atoms with Gasteiger partial charge in [0.25, 0.3) is 0 Å². The van der Waals surface area contributed by atoms with Crippen molar-refractivity contribution in [2.45, 2.75) is 19.9 Å². The number of aliphatic imine (C=N–C) groups is 1. The third kappa shape index (κ3) is 6.01. The molecule has 6 heteroatoms. The highest BCUT2D eigenvalue weighted by Crippen LogP contribution is 2.23. The van der Waals surface area contributed by atoms with Gasteiger partial charge in [-0.25, -0.2) is 0 Å². The van der Waals surface area contributed by atoms with Crippen LogP contribution < -0.4 is 11.1 Å². The van der Waals surface area contributed by atoms with E-state index in [1.54, 1.807) is 0 Å². The van der Waals surface area contributed by atoms with E-state index in [1.165, 1.54) is 5.56 Å². The average Bonchev–Trinajstić information content (AvgIpc) is 2.55. The van der Waals surface area contributed by atoms with E-state index in [9.17, 15) is 0 Å². The Morgan fingerprint density at radius 1 is 1.30 bits per heavy atom. The summed E-state index contributed by atoms with van der Waals surface area (Å²) in [5, 5.41) is 4.01. The van der Waals surface area contributed by atoms with Crippen molar-refractivity contribution < 1.29 is 4.74 Å². The number of benzene rings is 1. The summed E-state index contributed by atoms with van der Waals surface area (Å²) in [6.45, 7) is 9.07. The molecule has 1 unspecified atom stereocenters. The van der Waals surface area contributed by atoms with Gasteiger partial charge in [-0.2, -0.15) is 0 Å². The topological polar surface area (TPSA) is 62.9 Å². The number of hydrogen-bond acceptors (Lipinski definition) is 3. The number of guanidine groups is 1. The summed E-state index contributed by atoms with van der Waals surface area (Å²) in [4.78, 5) is 6.78. The minimum Gasteiger partial charge on any atom is -0.379 e. The first-order valence-electron chi connectivity index (χ1n) is 8.17. The molecule has 0 saturated carbocycles. The molecule has 128 valence electrons. The van der Waals surface area contributed by atoms with E-state index in [0.717, 1.165) is 44.4 Å². The van der Waals surface area contributed by atoms with Crippen LogP contribution >= 0.6 is 11.6 Å². The first kappa shape index (κ1) is 18.0.